The highest BCUT2D eigenvalue weighted by molar-refractivity contribution is 6.30. The summed E-state index contributed by atoms with van der Waals surface area (Å²) in [6.07, 6.45) is -0.816. The molecule has 0 amide bonds. The number of rotatable bonds is 4. The summed E-state index contributed by atoms with van der Waals surface area (Å²) in [5, 5.41) is 15.5. The van der Waals surface area contributed by atoms with E-state index >= 15 is 0 Å². The van der Waals surface area contributed by atoms with Crippen LogP contribution in [0.4, 0.5) is 0 Å². The van der Waals surface area contributed by atoms with Crippen LogP contribution in [0.5, 0.6) is 5.75 Å². The third-order valence-electron chi connectivity index (χ3n) is 3.27. The number of aromatic nitrogens is 2. The molecule has 1 unspecified atom stereocenters. The largest absolute Gasteiger partial charge is 0.497 e. The van der Waals surface area contributed by atoms with Crippen LogP contribution in [0.2, 0.25) is 5.15 Å². The Bertz CT molecular complexity index is 608. The van der Waals surface area contributed by atoms with Crippen LogP contribution in [0.25, 0.3) is 0 Å². The first-order valence-electron chi connectivity index (χ1n) is 6.50. The van der Waals surface area contributed by atoms with E-state index in [9.17, 15) is 5.11 Å². The predicted octanol–water partition coefficient (Wildman–Crippen LogP) is 3.29. The van der Waals surface area contributed by atoms with Gasteiger partial charge >= 0.3 is 0 Å². The zero-order chi connectivity index (χ0) is 14.9. The normalized spacial score (nSPS) is 12.8. The van der Waals surface area contributed by atoms with Crippen molar-refractivity contribution in [3.63, 3.8) is 0 Å². The topological polar surface area (TPSA) is 47.3 Å². The van der Waals surface area contributed by atoms with Crippen LogP contribution in [-0.2, 0) is 7.05 Å². The summed E-state index contributed by atoms with van der Waals surface area (Å²) >= 11 is 6.29. The number of aliphatic hydroxyl groups is 1. The average Bonchev–Trinajstić information content (AvgIpc) is 2.74. The molecule has 0 bridgehead atoms. The third kappa shape index (κ3) is 2.67. The highest BCUT2D eigenvalue weighted by atomic mass is 35.5. The zero-order valence-electron chi connectivity index (χ0n) is 12.1. The number of aryl methyl sites for hydroxylation is 1. The molecule has 2 aromatic rings. The van der Waals surface area contributed by atoms with Gasteiger partial charge in [0.05, 0.1) is 12.8 Å². The molecule has 4 nitrogen and oxygen atoms in total. The van der Waals surface area contributed by atoms with Crippen molar-refractivity contribution in [1.29, 1.82) is 0 Å². The van der Waals surface area contributed by atoms with E-state index in [1.54, 1.807) is 24.9 Å². The van der Waals surface area contributed by atoms with Crippen molar-refractivity contribution in [2.45, 2.75) is 25.9 Å². The number of ether oxygens (including phenoxy) is 1. The lowest BCUT2D eigenvalue weighted by molar-refractivity contribution is 0.218. The number of benzene rings is 1. The van der Waals surface area contributed by atoms with E-state index in [1.165, 1.54) is 0 Å². The molecule has 0 saturated carbocycles. The molecule has 0 aliphatic carbocycles. The van der Waals surface area contributed by atoms with Crippen LogP contribution in [0.1, 0.15) is 42.7 Å². The van der Waals surface area contributed by atoms with Crippen molar-refractivity contribution in [3.8, 4) is 5.75 Å². The van der Waals surface area contributed by atoms with Gasteiger partial charge in [-0.25, -0.2) is 0 Å². The quantitative estimate of drug-likeness (QED) is 0.941. The monoisotopic (exact) mass is 294 g/mol. The van der Waals surface area contributed by atoms with E-state index in [-0.39, 0.29) is 5.92 Å². The maximum absolute atomic E-state index is 10.6. The Morgan fingerprint density at radius 1 is 1.35 bits per heavy atom. The predicted molar refractivity (Wildman–Crippen MR) is 79.4 cm³/mol. The fourth-order valence-corrected chi connectivity index (χ4v) is 2.43. The van der Waals surface area contributed by atoms with Crippen LogP contribution in [0.3, 0.4) is 0 Å². The highest BCUT2D eigenvalue weighted by Gasteiger charge is 2.24. The molecule has 1 atom stereocenters. The van der Waals surface area contributed by atoms with Crippen LogP contribution in [-0.4, -0.2) is 22.0 Å². The molecular weight excluding hydrogens is 276 g/mol. The minimum Gasteiger partial charge on any atom is -0.497 e. The van der Waals surface area contributed by atoms with Gasteiger partial charge in [-0.05, 0) is 23.6 Å². The summed E-state index contributed by atoms with van der Waals surface area (Å²) in [6.45, 7) is 4.06. The molecule has 1 heterocycles. The lowest BCUT2D eigenvalue weighted by Crippen LogP contribution is -2.04. The first-order chi connectivity index (χ1) is 9.45. The number of hydrogen-bond donors (Lipinski definition) is 1. The van der Waals surface area contributed by atoms with Gasteiger partial charge in [0.15, 0.2) is 0 Å². The molecule has 0 saturated heterocycles. The Morgan fingerprint density at radius 2 is 2.05 bits per heavy atom. The first kappa shape index (κ1) is 14.9. The Morgan fingerprint density at radius 3 is 2.65 bits per heavy atom. The molecule has 0 radical (unpaired) electrons. The van der Waals surface area contributed by atoms with Crippen LogP contribution >= 0.6 is 11.6 Å². The Balaban J connectivity index is 2.49. The van der Waals surface area contributed by atoms with Gasteiger partial charge in [-0.15, -0.1) is 0 Å². The number of nitrogens with zero attached hydrogens (tertiary/aromatic N) is 2. The fraction of sp³-hybridized carbons (Fsp3) is 0.400. The van der Waals surface area contributed by atoms with Crippen molar-refractivity contribution < 1.29 is 9.84 Å². The minimum absolute atomic E-state index is 0.184. The van der Waals surface area contributed by atoms with E-state index in [2.05, 4.69) is 5.10 Å². The summed E-state index contributed by atoms with van der Waals surface area (Å²) in [5.41, 5.74) is 2.21. The summed E-state index contributed by atoms with van der Waals surface area (Å²) in [5.74, 6) is 0.886. The lowest BCUT2D eigenvalue weighted by atomic mass is 9.97. The zero-order valence-corrected chi connectivity index (χ0v) is 12.8. The lowest BCUT2D eigenvalue weighted by Gasteiger charge is -2.14. The van der Waals surface area contributed by atoms with Gasteiger partial charge in [-0.2, -0.15) is 5.10 Å². The second-order valence-corrected chi connectivity index (χ2v) is 5.41. The molecule has 1 aromatic heterocycles. The van der Waals surface area contributed by atoms with Crippen LogP contribution < -0.4 is 4.74 Å². The molecular formula is C15H19ClN2O2. The fourth-order valence-electron chi connectivity index (χ4n) is 2.20. The average molecular weight is 295 g/mol. The molecule has 108 valence electrons. The van der Waals surface area contributed by atoms with Crippen molar-refractivity contribution in [2.24, 2.45) is 7.05 Å². The van der Waals surface area contributed by atoms with Crippen molar-refractivity contribution in [2.75, 3.05) is 7.11 Å². The third-order valence-corrected chi connectivity index (χ3v) is 3.72. The molecule has 0 aliphatic rings. The molecule has 20 heavy (non-hydrogen) atoms. The van der Waals surface area contributed by atoms with Gasteiger partial charge in [0, 0.05) is 12.6 Å². The second-order valence-electron chi connectivity index (χ2n) is 5.05. The maximum Gasteiger partial charge on any atom is 0.133 e. The molecule has 0 fully saturated rings. The smallest absolute Gasteiger partial charge is 0.133 e. The number of hydrogen-bond acceptors (Lipinski definition) is 3. The van der Waals surface area contributed by atoms with Crippen molar-refractivity contribution in [3.05, 3.63) is 46.2 Å². The molecule has 0 spiro atoms. The van der Waals surface area contributed by atoms with E-state index < -0.39 is 6.10 Å². The van der Waals surface area contributed by atoms with Gasteiger partial charge in [-0.3, -0.25) is 4.68 Å². The standard InChI is InChI=1S/C15H19ClN2O2/c1-9(2)13-12(15(16)18(3)17-13)14(19)10-6-5-7-11(8-10)20-4/h5-9,14,19H,1-4H3. The highest BCUT2D eigenvalue weighted by Crippen LogP contribution is 2.35. The van der Waals surface area contributed by atoms with Crippen LogP contribution in [0, 0.1) is 0 Å². The minimum atomic E-state index is -0.816. The van der Waals surface area contributed by atoms with Gasteiger partial charge in [0.1, 0.15) is 17.0 Å². The van der Waals surface area contributed by atoms with Gasteiger partial charge in [-0.1, -0.05) is 37.6 Å². The van der Waals surface area contributed by atoms with Gasteiger partial charge in [0.25, 0.3) is 0 Å². The molecule has 1 N–H and O–H groups in total. The molecule has 1 aromatic carbocycles. The summed E-state index contributed by atoms with van der Waals surface area (Å²) < 4.78 is 6.78. The number of methoxy groups -OCH3 is 1. The summed E-state index contributed by atoms with van der Waals surface area (Å²) in [7, 11) is 3.37. The maximum atomic E-state index is 10.6. The first-order valence-corrected chi connectivity index (χ1v) is 6.87. The van der Waals surface area contributed by atoms with Crippen LogP contribution in [0.15, 0.2) is 24.3 Å². The molecule has 5 heteroatoms. The Kier molecular flexibility index (Phi) is 4.35. The summed E-state index contributed by atoms with van der Waals surface area (Å²) in [6, 6.07) is 7.33. The van der Waals surface area contributed by atoms with E-state index in [4.69, 9.17) is 16.3 Å². The van der Waals surface area contributed by atoms with E-state index in [0.717, 1.165) is 11.3 Å². The second kappa shape index (κ2) is 5.85. The van der Waals surface area contributed by atoms with E-state index in [0.29, 0.717) is 16.5 Å². The van der Waals surface area contributed by atoms with Crippen molar-refractivity contribution in [1.82, 2.24) is 9.78 Å². The Labute approximate surface area is 123 Å². The number of halogens is 1. The Hall–Kier alpha value is -1.52. The van der Waals surface area contributed by atoms with Gasteiger partial charge in [0.2, 0.25) is 0 Å². The van der Waals surface area contributed by atoms with Crippen molar-refractivity contribution >= 4 is 11.6 Å². The SMILES string of the molecule is COc1cccc(C(O)c2c(C(C)C)nn(C)c2Cl)c1. The molecule has 0 aliphatic heterocycles. The summed E-state index contributed by atoms with van der Waals surface area (Å²) in [4.78, 5) is 0. The number of aliphatic hydroxyl groups excluding tert-OH is 1. The van der Waals surface area contributed by atoms with Gasteiger partial charge < -0.3 is 9.84 Å². The van der Waals surface area contributed by atoms with E-state index in [1.807, 2.05) is 32.0 Å². The molecule has 2 rings (SSSR count).